The Morgan fingerprint density at radius 1 is 1.11 bits per heavy atom. The molecule has 2 rings (SSSR count). The van der Waals surface area contributed by atoms with Crippen molar-refractivity contribution in [1.29, 1.82) is 0 Å². The molecule has 0 radical (unpaired) electrons. The molecule has 0 unspecified atom stereocenters. The highest BCUT2D eigenvalue weighted by molar-refractivity contribution is 7.09. The molecule has 0 aliphatic carbocycles. The Balaban J connectivity index is 2.10. The summed E-state index contributed by atoms with van der Waals surface area (Å²) in [5.41, 5.74) is 1.56. The van der Waals surface area contributed by atoms with E-state index in [1.54, 1.807) is 17.4 Å². The summed E-state index contributed by atoms with van der Waals surface area (Å²) in [6.07, 6.45) is 0. The molecule has 0 saturated heterocycles. The minimum absolute atomic E-state index is 0.590. The maximum Gasteiger partial charge on any atom is 0.488 e. The van der Waals surface area contributed by atoms with Gasteiger partial charge >= 0.3 is 7.12 Å². The molecule has 0 saturated carbocycles. The molecule has 0 bridgehead atoms. The summed E-state index contributed by atoms with van der Waals surface area (Å²) < 4.78 is 0. The van der Waals surface area contributed by atoms with Gasteiger partial charge in [-0.25, -0.2) is 0 Å². The van der Waals surface area contributed by atoms with Gasteiger partial charge in [0, 0.05) is 18.0 Å². The van der Waals surface area contributed by atoms with Gasteiger partial charge in [0.25, 0.3) is 0 Å². The number of hydrogen-bond donors (Lipinski definition) is 2. The average Bonchev–Trinajstić information content (AvgIpc) is 2.91. The topological polar surface area (TPSA) is 43.7 Å². The first-order chi connectivity index (χ1) is 9.20. The molecule has 1 aromatic heterocycles. The predicted octanol–water partition coefficient (Wildman–Crippen LogP) is 1.45. The quantitative estimate of drug-likeness (QED) is 0.784. The zero-order valence-corrected chi connectivity index (χ0v) is 11.8. The summed E-state index contributed by atoms with van der Waals surface area (Å²) in [6, 6.07) is 11.7. The van der Waals surface area contributed by atoms with Crippen molar-refractivity contribution >= 4 is 23.9 Å². The van der Waals surface area contributed by atoms with Crippen molar-refractivity contribution in [3.63, 3.8) is 0 Å². The fourth-order valence-corrected chi connectivity index (χ4v) is 2.82. The monoisotopic (exact) mass is 275 g/mol. The first-order valence-corrected chi connectivity index (χ1v) is 7.27. The summed E-state index contributed by atoms with van der Waals surface area (Å²) in [6.45, 7) is 4.66. The van der Waals surface area contributed by atoms with Crippen LogP contribution in [0.2, 0.25) is 0 Å². The van der Waals surface area contributed by atoms with E-state index in [0.29, 0.717) is 5.46 Å². The molecule has 0 atom stereocenters. The zero-order valence-electron chi connectivity index (χ0n) is 11.0. The molecule has 3 nitrogen and oxygen atoms in total. The largest absolute Gasteiger partial charge is 0.488 e. The van der Waals surface area contributed by atoms with Gasteiger partial charge in [-0.15, -0.1) is 11.3 Å². The molecule has 1 heterocycles. The molecule has 0 spiro atoms. The number of hydrogen-bond acceptors (Lipinski definition) is 4. The fourth-order valence-electron chi connectivity index (χ4n) is 2.07. The highest BCUT2D eigenvalue weighted by Crippen LogP contribution is 2.13. The summed E-state index contributed by atoms with van der Waals surface area (Å²) in [5, 5.41) is 20.8. The lowest BCUT2D eigenvalue weighted by Crippen LogP contribution is -2.35. The van der Waals surface area contributed by atoms with Crippen LogP contribution in [0.15, 0.2) is 41.8 Å². The van der Waals surface area contributed by atoms with Crippen LogP contribution in [0.5, 0.6) is 0 Å². The first kappa shape index (κ1) is 14.3. The molecule has 0 aliphatic rings. The fraction of sp³-hybridized carbons (Fsp3) is 0.286. The van der Waals surface area contributed by atoms with E-state index in [2.05, 4.69) is 29.3 Å². The van der Waals surface area contributed by atoms with E-state index < -0.39 is 7.12 Å². The minimum atomic E-state index is -1.41. The van der Waals surface area contributed by atoms with E-state index in [-0.39, 0.29) is 0 Å². The van der Waals surface area contributed by atoms with E-state index in [1.165, 1.54) is 4.88 Å². The highest BCUT2D eigenvalue weighted by atomic mass is 32.1. The van der Waals surface area contributed by atoms with Crippen LogP contribution in [0.3, 0.4) is 0 Å². The van der Waals surface area contributed by atoms with Crippen molar-refractivity contribution < 1.29 is 10.0 Å². The number of benzene rings is 1. The predicted molar refractivity (Wildman–Crippen MR) is 80.4 cm³/mol. The number of nitrogens with zero attached hydrogens (tertiary/aromatic N) is 1. The van der Waals surface area contributed by atoms with Crippen LogP contribution in [0.4, 0.5) is 0 Å². The molecule has 2 aromatic rings. The van der Waals surface area contributed by atoms with Crippen LogP contribution in [-0.4, -0.2) is 28.6 Å². The van der Waals surface area contributed by atoms with Gasteiger partial charge in [0.1, 0.15) is 0 Å². The molecular formula is C14H18BNO2S. The molecule has 1 aromatic carbocycles. The van der Waals surface area contributed by atoms with Crippen LogP contribution in [0, 0.1) is 0 Å². The van der Waals surface area contributed by atoms with Crippen LogP contribution in [0.25, 0.3) is 0 Å². The summed E-state index contributed by atoms with van der Waals surface area (Å²) in [7, 11) is -1.41. The Kier molecular flexibility index (Phi) is 5.16. The van der Waals surface area contributed by atoms with Crippen molar-refractivity contribution in [3.8, 4) is 0 Å². The van der Waals surface area contributed by atoms with Crippen LogP contribution in [-0.2, 0) is 13.1 Å². The second kappa shape index (κ2) is 6.87. The lowest BCUT2D eigenvalue weighted by Gasteiger charge is -2.21. The van der Waals surface area contributed by atoms with E-state index in [9.17, 15) is 10.0 Å². The smallest absolute Gasteiger partial charge is 0.423 e. The minimum Gasteiger partial charge on any atom is -0.423 e. The van der Waals surface area contributed by atoms with Gasteiger partial charge in [-0.2, -0.15) is 0 Å². The van der Waals surface area contributed by atoms with Gasteiger partial charge in [0.2, 0.25) is 0 Å². The Hall–Kier alpha value is -1.14. The van der Waals surface area contributed by atoms with Gasteiger partial charge in [-0.3, -0.25) is 4.90 Å². The van der Waals surface area contributed by atoms with Crippen molar-refractivity contribution in [2.75, 3.05) is 6.54 Å². The number of thiophene rings is 1. The molecule has 0 amide bonds. The van der Waals surface area contributed by atoms with Crippen molar-refractivity contribution in [2.45, 2.75) is 20.0 Å². The van der Waals surface area contributed by atoms with Gasteiger partial charge in [0.05, 0.1) is 0 Å². The molecule has 5 heteroatoms. The molecule has 2 N–H and O–H groups in total. The Morgan fingerprint density at radius 3 is 2.53 bits per heavy atom. The third kappa shape index (κ3) is 3.91. The standard InChI is InChI=1S/C14H18BNO2S/c1-2-16(11-13-7-5-9-19-13)10-12-6-3-4-8-14(12)15(17)18/h3-9,17-18H,2,10-11H2,1H3. The Bertz CT molecular complexity index is 502. The molecule has 19 heavy (non-hydrogen) atoms. The Labute approximate surface area is 118 Å². The van der Waals surface area contributed by atoms with E-state index in [4.69, 9.17) is 0 Å². The summed E-state index contributed by atoms with van der Waals surface area (Å²) in [5.74, 6) is 0. The highest BCUT2D eigenvalue weighted by Gasteiger charge is 2.16. The third-order valence-electron chi connectivity index (χ3n) is 3.13. The zero-order chi connectivity index (χ0) is 13.7. The van der Waals surface area contributed by atoms with E-state index in [1.807, 2.05) is 18.2 Å². The Morgan fingerprint density at radius 2 is 1.89 bits per heavy atom. The van der Waals surface area contributed by atoms with E-state index >= 15 is 0 Å². The second-order valence-corrected chi connectivity index (χ2v) is 5.49. The van der Waals surface area contributed by atoms with E-state index in [0.717, 1.165) is 25.2 Å². The molecule has 0 aliphatic heterocycles. The summed E-state index contributed by atoms with van der Waals surface area (Å²) >= 11 is 1.75. The summed E-state index contributed by atoms with van der Waals surface area (Å²) in [4.78, 5) is 3.61. The molecule has 0 fully saturated rings. The number of rotatable bonds is 6. The van der Waals surface area contributed by atoms with Crippen molar-refractivity contribution in [1.82, 2.24) is 4.90 Å². The van der Waals surface area contributed by atoms with Crippen LogP contribution in [0.1, 0.15) is 17.4 Å². The maximum absolute atomic E-state index is 9.39. The second-order valence-electron chi connectivity index (χ2n) is 4.46. The van der Waals surface area contributed by atoms with Gasteiger partial charge in [-0.1, -0.05) is 37.3 Å². The first-order valence-electron chi connectivity index (χ1n) is 6.39. The maximum atomic E-state index is 9.39. The van der Waals surface area contributed by atoms with Crippen LogP contribution < -0.4 is 5.46 Å². The lowest BCUT2D eigenvalue weighted by molar-refractivity contribution is 0.274. The van der Waals surface area contributed by atoms with Gasteiger partial charge in [-0.05, 0) is 29.0 Å². The van der Waals surface area contributed by atoms with Gasteiger partial charge in [0.15, 0.2) is 0 Å². The molecular weight excluding hydrogens is 257 g/mol. The lowest BCUT2D eigenvalue weighted by atomic mass is 9.77. The molecule has 100 valence electrons. The SMILES string of the molecule is CCN(Cc1cccs1)Cc1ccccc1B(O)O. The van der Waals surface area contributed by atoms with Crippen molar-refractivity contribution in [3.05, 3.63) is 52.2 Å². The van der Waals surface area contributed by atoms with Crippen molar-refractivity contribution in [2.24, 2.45) is 0 Å². The van der Waals surface area contributed by atoms with Gasteiger partial charge < -0.3 is 10.0 Å². The normalized spacial score (nSPS) is 10.9. The van der Waals surface area contributed by atoms with Crippen LogP contribution >= 0.6 is 11.3 Å². The average molecular weight is 275 g/mol. The third-order valence-corrected chi connectivity index (χ3v) is 4.00.